The van der Waals surface area contributed by atoms with Gasteiger partial charge in [-0.1, -0.05) is 72.8 Å². The number of azo groups is 2. The molecule has 4 heteroatoms. The zero-order chi connectivity index (χ0) is 21.0. The molecule has 0 radical (unpaired) electrons. The van der Waals surface area contributed by atoms with E-state index in [-0.39, 0.29) is 0 Å². The van der Waals surface area contributed by atoms with E-state index in [9.17, 15) is 0 Å². The van der Waals surface area contributed by atoms with Crippen LogP contribution >= 0.6 is 0 Å². The van der Waals surface area contributed by atoms with Gasteiger partial charge in [0.05, 0.1) is 22.7 Å². The van der Waals surface area contributed by atoms with Crippen molar-refractivity contribution in [2.75, 3.05) is 0 Å². The Morgan fingerprint density at radius 2 is 0.806 bits per heavy atom. The van der Waals surface area contributed by atoms with Gasteiger partial charge < -0.3 is 0 Å². The quantitative estimate of drug-likeness (QED) is 0.270. The van der Waals surface area contributed by atoms with Crippen molar-refractivity contribution < 1.29 is 0 Å². The average Bonchev–Trinajstić information content (AvgIpc) is 2.83. The Hall–Kier alpha value is -4.18. The number of benzene rings is 5. The molecule has 5 aromatic carbocycles. The first-order chi connectivity index (χ1) is 15.3. The molecule has 0 saturated heterocycles. The van der Waals surface area contributed by atoms with E-state index in [1.807, 2.05) is 84.9 Å². The van der Waals surface area contributed by atoms with Crippen molar-refractivity contribution in [1.82, 2.24) is 0 Å². The maximum atomic E-state index is 4.60. The predicted molar refractivity (Wildman–Crippen MR) is 127 cm³/mol. The smallest absolute Gasteiger partial charge is 0.0936 e. The van der Waals surface area contributed by atoms with Crippen LogP contribution in [0.1, 0.15) is 5.56 Å². The monoisotopic (exact) mass is 400 g/mol. The van der Waals surface area contributed by atoms with Crippen LogP contribution in [-0.4, -0.2) is 0 Å². The van der Waals surface area contributed by atoms with Gasteiger partial charge in [0.25, 0.3) is 0 Å². The zero-order valence-corrected chi connectivity index (χ0v) is 17.1. The molecule has 0 amide bonds. The highest BCUT2D eigenvalue weighted by Gasteiger charge is 2.06. The van der Waals surface area contributed by atoms with Crippen LogP contribution in [0.5, 0.6) is 0 Å². The summed E-state index contributed by atoms with van der Waals surface area (Å²) in [6, 6.07) is 34.1. The molecule has 0 aliphatic heterocycles. The average molecular weight is 400 g/mol. The van der Waals surface area contributed by atoms with Crippen molar-refractivity contribution in [2.24, 2.45) is 20.5 Å². The second-order valence-corrected chi connectivity index (χ2v) is 7.33. The molecule has 0 heterocycles. The highest BCUT2D eigenvalue weighted by molar-refractivity contribution is 6.00. The minimum Gasteiger partial charge on any atom is -0.151 e. The van der Waals surface area contributed by atoms with E-state index in [2.05, 4.69) is 45.6 Å². The van der Waals surface area contributed by atoms with Crippen molar-refractivity contribution in [1.29, 1.82) is 0 Å². The Labute approximate surface area is 180 Å². The molecular formula is C27H20N4. The van der Waals surface area contributed by atoms with E-state index in [0.29, 0.717) is 0 Å². The van der Waals surface area contributed by atoms with Crippen LogP contribution in [0.25, 0.3) is 21.5 Å². The van der Waals surface area contributed by atoms with E-state index < -0.39 is 0 Å². The maximum absolute atomic E-state index is 4.60. The molecule has 31 heavy (non-hydrogen) atoms. The van der Waals surface area contributed by atoms with Crippen LogP contribution in [0.2, 0.25) is 0 Å². The first-order valence-electron chi connectivity index (χ1n) is 10.2. The van der Waals surface area contributed by atoms with E-state index in [0.717, 1.165) is 38.9 Å². The SMILES string of the molecule is Cc1ccc(/N=N/c2ccc(/N=N/c3ccccc3)c3ccccc23)c2ccccc12. The molecule has 0 saturated carbocycles. The highest BCUT2D eigenvalue weighted by Crippen LogP contribution is 2.36. The van der Waals surface area contributed by atoms with Crippen LogP contribution < -0.4 is 0 Å². The summed E-state index contributed by atoms with van der Waals surface area (Å²) in [7, 11) is 0. The summed E-state index contributed by atoms with van der Waals surface area (Å²) in [5, 5.41) is 22.3. The normalized spacial score (nSPS) is 11.8. The maximum Gasteiger partial charge on any atom is 0.0936 e. The molecule has 0 fully saturated rings. The zero-order valence-electron chi connectivity index (χ0n) is 17.1. The third-order valence-electron chi connectivity index (χ3n) is 5.29. The largest absolute Gasteiger partial charge is 0.151 e. The summed E-state index contributed by atoms with van der Waals surface area (Å²) in [6.07, 6.45) is 0. The van der Waals surface area contributed by atoms with Gasteiger partial charge in [-0.25, -0.2) is 0 Å². The van der Waals surface area contributed by atoms with E-state index in [1.165, 1.54) is 10.9 Å². The lowest BCUT2D eigenvalue weighted by Gasteiger charge is -2.06. The molecule has 5 aromatic rings. The number of hydrogen-bond acceptors (Lipinski definition) is 4. The Bertz CT molecular complexity index is 1440. The number of nitrogens with zero attached hydrogens (tertiary/aromatic N) is 4. The fourth-order valence-corrected chi connectivity index (χ4v) is 3.68. The van der Waals surface area contributed by atoms with Gasteiger partial charge in [0.2, 0.25) is 0 Å². The molecular weight excluding hydrogens is 380 g/mol. The lowest BCUT2D eigenvalue weighted by molar-refractivity contribution is 1.23. The fraction of sp³-hybridized carbons (Fsp3) is 0.0370. The molecule has 0 unspecified atom stereocenters. The molecule has 0 N–H and O–H groups in total. The van der Waals surface area contributed by atoms with Crippen molar-refractivity contribution in [3.05, 3.63) is 109 Å². The third-order valence-corrected chi connectivity index (χ3v) is 5.29. The third kappa shape index (κ3) is 3.83. The lowest BCUT2D eigenvalue weighted by Crippen LogP contribution is -1.78. The summed E-state index contributed by atoms with van der Waals surface area (Å²) in [5.41, 5.74) is 4.52. The molecule has 0 aliphatic rings. The summed E-state index contributed by atoms with van der Waals surface area (Å²) < 4.78 is 0. The predicted octanol–water partition coefficient (Wildman–Crippen LogP) is 9.13. The molecule has 5 rings (SSSR count). The van der Waals surface area contributed by atoms with Gasteiger partial charge in [-0.05, 0) is 48.2 Å². The summed E-state index contributed by atoms with van der Waals surface area (Å²) in [6.45, 7) is 2.11. The lowest BCUT2D eigenvalue weighted by atomic mass is 10.0. The van der Waals surface area contributed by atoms with Crippen molar-refractivity contribution in [2.45, 2.75) is 6.92 Å². The van der Waals surface area contributed by atoms with Gasteiger partial charge in [0.15, 0.2) is 0 Å². The molecule has 0 aromatic heterocycles. The summed E-state index contributed by atoms with van der Waals surface area (Å²) in [5.74, 6) is 0. The standard InChI is InChI=1S/C27H20N4/c1-19-15-16-25(22-12-6-5-11-21(19)22)30-31-27-18-17-26(23-13-7-8-14-24(23)27)29-28-20-9-3-2-4-10-20/h2-18H,1H3/b29-28+,31-30+. The van der Waals surface area contributed by atoms with Crippen LogP contribution in [0.4, 0.5) is 22.7 Å². The van der Waals surface area contributed by atoms with E-state index >= 15 is 0 Å². The molecule has 0 atom stereocenters. The van der Waals surface area contributed by atoms with Crippen molar-refractivity contribution in [3.8, 4) is 0 Å². The van der Waals surface area contributed by atoms with Gasteiger partial charge >= 0.3 is 0 Å². The van der Waals surface area contributed by atoms with E-state index in [4.69, 9.17) is 0 Å². The Balaban J connectivity index is 1.55. The van der Waals surface area contributed by atoms with Gasteiger partial charge in [0.1, 0.15) is 0 Å². The summed E-state index contributed by atoms with van der Waals surface area (Å²) in [4.78, 5) is 0. The first kappa shape index (κ1) is 18.8. The molecule has 0 aliphatic carbocycles. The number of hydrogen-bond donors (Lipinski definition) is 0. The van der Waals surface area contributed by atoms with Crippen LogP contribution in [0.3, 0.4) is 0 Å². The van der Waals surface area contributed by atoms with Gasteiger partial charge in [0, 0.05) is 16.2 Å². The van der Waals surface area contributed by atoms with Gasteiger partial charge in [-0.15, -0.1) is 15.3 Å². The van der Waals surface area contributed by atoms with Crippen molar-refractivity contribution >= 4 is 44.3 Å². The number of aryl methyl sites for hydroxylation is 1. The number of rotatable bonds is 4. The van der Waals surface area contributed by atoms with E-state index in [1.54, 1.807) is 0 Å². The second-order valence-electron chi connectivity index (χ2n) is 7.33. The Morgan fingerprint density at radius 1 is 0.387 bits per heavy atom. The molecule has 0 spiro atoms. The van der Waals surface area contributed by atoms with Crippen LogP contribution in [0.15, 0.2) is 124 Å². The van der Waals surface area contributed by atoms with Gasteiger partial charge in [-0.3, -0.25) is 0 Å². The first-order valence-corrected chi connectivity index (χ1v) is 10.2. The molecule has 148 valence electrons. The number of fused-ring (bicyclic) bond motifs is 2. The van der Waals surface area contributed by atoms with Crippen LogP contribution in [0, 0.1) is 6.92 Å². The Morgan fingerprint density at radius 3 is 1.39 bits per heavy atom. The topological polar surface area (TPSA) is 49.4 Å². The second kappa shape index (κ2) is 8.28. The molecule has 0 bridgehead atoms. The van der Waals surface area contributed by atoms with Gasteiger partial charge in [-0.2, -0.15) is 5.11 Å². The molecule has 4 nitrogen and oxygen atoms in total. The minimum atomic E-state index is 0.805. The minimum absolute atomic E-state index is 0.805. The fourth-order valence-electron chi connectivity index (χ4n) is 3.68. The van der Waals surface area contributed by atoms with Crippen LogP contribution in [-0.2, 0) is 0 Å². The highest BCUT2D eigenvalue weighted by atomic mass is 15.1. The van der Waals surface area contributed by atoms with Crippen molar-refractivity contribution in [3.63, 3.8) is 0 Å². The Kier molecular flexibility index (Phi) is 5.03. The summed E-state index contributed by atoms with van der Waals surface area (Å²) >= 11 is 0.